The van der Waals surface area contributed by atoms with E-state index in [0.29, 0.717) is 12.0 Å². The fourth-order valence-electron chi connectivity index (χ4n) is 2.41. The van der Waals surface area contributed by atoms with Gasteiger partial charge in [-0.1, -0.05) is 37.6 Å². The van der Waals surface area contributed by atoms with Gasteiger partial charge in [-0.25, -0.2) is 4.39 Å². The first-order valence-corrected chi connectivity index (χ1v) is 7.08. The van der Waals surface area contributed by atoms with Gasteiger partial charge in [0.2, 0.25) is 0 Å². The molecular formula is C15H23ClFNO. The molecule has 0 aliphatic rings. The average molecular weight is 288 g/mol. The zero-order valence-electron chi connectivity index (χ0n) is 12.1. The van der Waals surface area contributed by atoms with Crippen molar-refractivity contribution in [1.82, 2.24) is 4.90 Å². The molecule has 19 heavy (non-hydrogen) atoms. The van der Waals surface area contributed by atoms with E-state index in [4.69, 9.17) is 11.6 Å². The van der Waals surface area contributed by atoms with Crippen LogP contribution in [0.2, 0.25) is 5.02 Å². The third kappa shape index (κ3) is 3.68. The summed E-state index contributed by atoms with van der Waals surface area (Å²) >= 11 is 5.93. The summed E-state index contributed by atoms with van der Waals surface area (Å²) in [6, 6.07) is 4.70. The summed E-state index contributed by atoms with van der Waals surface area (Å²) in [6.07, 6.45) is -0.258. The van der Waals surface area contributed by atoms with Crippen LogP contribution in [0.4, 0.5) is 4.39 Å². The summed E-state index contributed by atoms with van der Waals surface area (Å²) in [7, 11) is 0. The van der Waals surface area contributed by atoms with Crippen LogP contribution in [0.3, 0.4) is 0 Å². The standard InChI is InChI=1S/C15H23ClFNO/c1-5-18(6-2)15(3,4)13(19)10-11-8-7-9-12(17)14(11)16/h7-9,13,19H,5-6,10H2,1-4H3. The van der Waals surface area contributed by atoms with E-state index in [-0.39, 0.29) is 10.6 Å². The average Bonchev–Trinajstić information content (AvgIpc) is 2.36. The lowest BCUT2D eigenvalue weighted by Gasteiger charge is -2.41. The predicted molar refractivity (Wildman–Crippen MR) is 78.1 cm³/mol. The Bertz CT molecular complexity index is 419. The molecule has 1 aromatic rings. The molecule has 0 saturated heterocycles. The minimum Gasteiger partial charge on any atom is -0.391 e. The summed E-state index contributed by atoms with van der Waals surface area (Å²) in [5.74, 6) is -0.438. The van der Waals surface area contributed by atoms with Gasteiger partial charge >= 0.3 is 0 Å². The summed E-state index contributed by atoms with van der Waals surface area (Å²) < 4.78 is 13.4. The van der Waals surface area contributed by atoms with Gasteiger partial charge in [-0.3, -0.25) is 4.90 Å². The Morgan fingerprint density at radius 3 is 2.42 bits per heavy atom. The summed E-state index contributed by atoms with van der Waals surface area (Å²) in [5, 5.41) is 10.6. The van der Waals surface area contributed by atoms with Crippen molar-refractivity contribution >= 4 is 11.6 Å². The first kappa shape index (κ1) is 16.4. The number of halogens is 2. The van der Waals surface area contributed by atoms with Crippen molar-refractivity contribution in [1.29, 1.82) is 0 Å². The number of likely N-dealkylation sites (N-methyl/N-ethyl adjacent to an activating group) is 1. The van der Waals surface area contributed by atoms with Crippen molar-refractivity contribution < 1.29 is 9.50 Å². The first-order chi connectivity index (χ1) is 8.84. The fraction of sp³-hybridized carbons (Fsp3) is 0.600. The van der Waals surface area contributed by atoms with Gasteiger partial charge < -0.3 is 5.11 Å². The maximum Gasteiger partial charge on any atom is 0.142 e. The normalized spacial score (nSPS) is 13.9. The molecule has 0 fully saturated rings. The molecule has 1 unspecified atom stereocenters. The zero-order chi connectivity index (χ0) is 14.6. The van der Waals surface area contributed by atoms with Crippen molar-refractivity contribution in [3.05, 3.63) is 34.6 Å². The Balaban J connectivity index is 2.89. The third-order valence-electron chi connectivity index (χ3n) is 3.84. The van der Waals surface area contributed by atoms with Gasteiger partial charge in [-0.15, -0.1) is 0 Å². The Morgan fingerprint density at radius 2 is 1.89 bits per heavy atom. The second-order valence-corrected chi connectivity index (χ2v) is 5.64. The molecule has 0 heterocycles. The van der Waals surface area contributed by atoms with E-state index < -0.39 is 11.9 Å². The molecule has 0 spiro atoms. The van der Waals surface area contributed by atoms with Gasteiger partial charge in [0.25, 0.3) is 0 Å². The van der Waals surface area contributed by atoms with E-state index >= 15 is 0 Å². The minimum absolute atomic E-state index is 0.108. The Hall–Kier alpha value is -0.640. The summed E-state index contributed by atoms with van der Waals surface area (Å²) in [6.45, 7) is 9.84. The minimum atomic E-state index is -0.605. The van der Waals surface area contributed by atoms with Crippen LogP contribution >= 0.6 is 11.6 Å². The number of rotatable bonds is 6. The topological polar surface area (TPSA) is 23.5 Å². The maximum atomic E-state index is 13.4. The van der Waals surface area contributed by atoms with Gasteiger partial charge in [-0.05, 0) is 38.6 Å². The summed E-state index contributed by atoms with van der Waals surface area (Å²) in [4.78, 5) is 2.19. The highest BCUT2D eigenvalue weighted by molar-refractivity contribution is 6.31. The van der Waals surface area contributed by atoms with Gasteiger partial charge in [0.15, 0.2) is 0 Å². The smallest absolute Gasteiger partial charge is 0.142 e. The lowest BCUT2D eigenvalue weighted by Crippen LogP contribution is -2.53. The van der Waals surface area contributed by atoms with Crippen LogP contribution in [-0.2, 0) is 6.42 Å². The fourth-order valence-corrected chi connectivity index (χ4v) is 2.62. The van der Waals surface area contributed by atoms with Crippen LogP contribution < -0.4 is 0 Å². The second kappa shape index (κ2) is 6.69. The predicted octanol–water partition coefficient (Wildman–Crippen LogP) is 3.50. The van der Waals surface area contributed by atoms with Crippen LogP contribution in [0.25, 0.3) is 0 Å². The SMILES string of the molecule is CCN(CC)C(C)(C)C(O)Cc1cccc(F)c1Cl. The van der Waals surface area contributed by atoms with Gasteiger partial charge in [-0.2, -0.15) is 0 Å². The van der Waals surface area contributed by atoms with Crippen molar-refractivity contribution in [3.8, 4) is 0 Å². The highest BCUT2D eigenvalue weighted by Crippen LogP contribution is 2.26. The molecule has 4 heteroatoms. The highest BCUT2D eigenvalue weighted by Gasteiger charge is 2.33. The monoisotopic (exact) mass is 287 g/mol. The number of benzene rings is 1. The van der Waals surface area contributed by atoms with Crippen molar-refractivity contribution in [3.63, 3.8) is 0 Å². The summed E-state index contributed by atoms with van der Waals surface area (Å²) in [5.41, 5.74) is 0.272. The van der Waals surface area contributed by atoms with E-state index in [1.807, 2.05) is 13.8 Å². The molecule has 1 N–H and O–H groups in total. The third-order valence-corrected chi connectivity index (χ3v) is 4.26. The molecule has 0 amide bonds. The van der Waals surface area contributed by atoms with E-state index in [1.54, 1.807) is 12.1 Å². The molecule has 0 aliphatic heterocycles. The molecule has 0 bridgehead atoms. The van der Waals surface area contributed by atoms with E-state index in [1.165, 1.54) is 6.07 Å². The second-order valence-electron chi connectivity index (χ2n) is 5.26. The zero-order valence-corrected chi connectivity index (χ0v) is 12.8. The van der Waals surface area contributed by atoms with Crippen LogP contribution in [0, 0.1) is 5.82 Å². The molecule has 1 rings (SSSR count). The molecule has 0 saturated carbocycles. The first-order valence-electron chi connectivity index (χ1n) is 6.70. The van der Waals surface area contributed by atoms with Gasteiger partial charge in [0.05, 0.1) is 11.1 Å². The molecule has 1 aromatic carbocycles. The molecule has 0 radical (unpaired) electrons. The molecule has 108 valence electrons. The van der Waals surface area contributed by atoms with Gasteiger partial charge in [0, 0.05) is 12.0 Å². The van der Waals surface area contributed by atoms with Crippen LogP contribution in [0.1, 0.15) is 33.3 Å². The quantitative estimate of drug-likeness (QED) is 0.865. The molecule has 1 atom stereocenters. The van der Waals surface area contributed by atoms with E-state index in [2.05, 4.69) is 18.7 Å². The molecule has 0 aliphatic carbocycles. The molecule has 2 nitrogen and oxygen atoms in total. The largest absolute Gasteiger partial charge is 0.391 e. The van der Waals surface area contributed by atoms with Crippen molar-refractivity contribution in [2.24, 2.45) is 0 Å². The number of nitrogens with zero attached hydrogens (tertiary/aromatic N) is 1. The Kier molecular flexibility index (Phi) is 5.78. The Morgan fingerprint density at radius 1 is 1.32 bits per heavy atom. The van der Waals surface area contributed by atoms with E-state index in [0.717, 1.165) is 13.1 Å². The van der Waals surface area contributed by atoms with Crippen LogP contribution in [0.5, 0.6) is 0 Å². The van der Waals surface area contributed by atoms with E-state index in [9.17, 15) is 9.50 Å². The van der Waals surface area contributed by atoms with Crippen molar-refractivity contribution in [2.45, 2.75) is 45.8 Å². The van der Waals surface area contributed by atoms with Crippen LogP contribution in [-0.4, -0.2) is 34.7 Å². The lowest BCUT2D eigenvalue weighted by molar-refractivity contribution is -0.00416. The van der Waals surface area contributed by atoms with Crippen molar-refractivity contribution in [2.75, 3.05) is 13.1 Å². The number of aliphatic hydroxyl groups is 1. The van der Waals surface area contributed by atoms with Gasteiger partial charge in [0.1, 0.15) is 5.82 Å². The van der Waals surface area contributed by atoms with Crippen LogP contribution in [0.15, 0.2) is 18.2 Å². The number of hydrogen-bond acceptors (Lipinski definition) is 2. The molecule has 0 aromatic heterocycles. The highest BCUT2D eigenvalue weighted by atomic mass is 35.5. The maximum absolute atomic E-state index is 13.4. The number of hydrogen-bond donors (Lipinski definition) is 1. The number of aliphatic hydroxyl groups excluding tert-OH is 1. The molecular weight excluding hydrogens is 265 g/mol. The lowest BCUT2D eigenvalue weighted by atomic mass is 9.90. The Labute approximate surface area is 120 Å².